The predicted octanol–water partition coefficient (Wildman–Crippen LogP) is 1.28. The minimum atomic E-state index is -0.888. The Morgan fingerprint density at radius 1 is 1.25 bits per heavy atom. The van der Waals surface area contributed by atoms with Crippen LogP contribution in [0.4, 0.5) is 4.79 Å². The second-order valence-corrected chi connectivity index (χ2v) is 6.13. The normalized spacial score (nSPS) is 28.8. The van der Waals surface area contributed by atoms with Gasteiger partial charge in [0.05, 0.1) is 12.5 Å². The number of nitrogens with zero attached hydrogens (tertiary/aromatic N) is 2. The maximum atomic E-state index is 12.7. The van der Waals surface area contributed by atoms with Gasteiger partial charge in [0.2, 0.25) is 0 Å². The number of carbonyl (C=O) groups is 2. The van der Waals surface area contributed by atoms with Gasteiger partial charge < -0.3 is 20.0 Å². The summed E-state index contributed by atoms with van der Waals surface area (Å²) in [6.45, 7) is 4.05. The number of hydrogen-bond acceptors (Lipinski definition) is 3. The molecule has 2 heterocycles. The summed E-state index contributed by atoms with van der Waals surface area (Å²) in [7, 11) is 0. The summed E-state index contributed by atoms with van der Waals surface area (Å²) in [5.74, 6) is -0.888. The summed E-state index contributed by atoms with van der Waals surface area (Å²) in [5.41, 5.74) is 0. The van der Waals surface area contributed by atoms with Crippen LogP contribution in [-0.2, 0) is 4.79 Å². The molecule has 2 unspecified atom stereocenters. The molecular formula is C14H24N2O4. The van der Waals surface area contributed by atoms with Crippen LogP contribution < -0.4 is 0 Å². The van der Waals surface area contributed by atoms with E-state index in [1.54, 1.807) is 4.90 Å². The summed E-state index contributed by atoms with van der Waals surface area (Å²) in [5, 5.41) is 18.6. The first kappa shape index (κ1) is 15.1. The molecule has 2 N–H and O–H groups in total. The van der Waals surface area contributed by atoms with Gasteiger partial charge in [-0.15, -0.1) is 0 Å². The Labute approximate surface area is 119 Å². The first-order valence-corrected chi connectivity index (χ1v) is 7.39. The van der Waals surface area contributed by atoms with Crippen molar-refractivity contribution in [2.24, 2.45) is 0 Å². The number of aliphatic hydroxyl groups is 1. The number of fused-ring (bicyclic) bond motifs is 2. The van der Waals surface area contributed by atoms with E-state index in [1.165, 1.54) is 0 Å². The van der Waals surface area contributed by atoms with E-state index in [0.717, 1.165) is 12.8 Å². The SMILES string of the molecule is CC(C)N(CCC(=O)O)C(=O)N1C2CCC1CC(O)C2. The molecule has 6 heteroatoms. The fraction of sp³-hybridized carbons (Fsp3) is 0.857. The van der Waals surface area contributed by atoms with E-state index >= 15 is 0 Å². The molecule has 2 atom stereocenters. The molecule has 0 aliphatic carbocycles. The monoisotopic (exact) mass is 284 g/mol. The summed E-state index contributed by atoms with van der Waals surface area (Å²) in [6.07, 6.45) is 2.84. The first-order chi connectivity index (χ1) is 9.40. The zero-order valence-corrected chi connectivity index (χ0v) is 12.2. The number of rotatable bonds is 4. The number of hydrogen-bond donors (Lipinski definition) is 2. The van der Waals surface area contributed by atoms with E-state index in [9.17, 15) is 14.7 Å². The second kappa shape index (κ2) is 5.99. The number of carbonyl (C=O) groups excluding carboxylic acids is 1. The van der Waals surface area contributed by atoms with Crippen molar-refractivity contribution in [2.75, 3.05) is 6.54 Å². The molecule has 0 aromatic carbocycles. The standard InChI is InChI=1S/C14H24N2O4/c1-9(2)15(6-5-13(18)19)14(20)16-10-3-4-11(16)8-12(17)7-10/h9-12,17H,3-8H2,1-2H3,(H,18,19). The molecule has 6 nitrogen and oxygen atoms in total. The van der Waals surface area contributed by atoms with Crippen LogP contribution in [0.25, 0.3) is 0 Å². The van der Waals surface area contributed by atoms with Gasteiger partial charge in [0.25, 0.3) is 0 Å². The van der Waals surface area contributed by atoms with Crippen molar-refractivity contribution in [1.29, 1.82) is 0 Å². The second-order valence-electron chi connectivity index (χ2n) is 6.13. The van der Waals surface area contributed by atoms with Gasteiger partial charge in [0.1, 0.15) is 0 Å². The predicted molar refractivity (Wildman–Crippen MR) is 73.4 cm³/mol. The van der Waals surface area contributed by atoms with Crippen molar-refractivity contribution in [3.05, 3.63) is 0 Å². The molecule has 2 bridgehead atoms. The molecule has 0 saturated carbocycles. The van der Waals surface area contributed by atoms with Crippen LogP contribution in [-0.4, -0.2) is 62.8 Å². The number of carboxylic acids is 1. The number of aliphatic hydroxyl groups excluding tert-OH is 1. The molecule has 2 aliphatic rings. The number of carboxylic acid groups (broad SMARTS) is 1. The summed E-state index contributed by atoms with van der Waals surface area (Å²) in [4.78, 5) is 26.9. The third kappa shape index (κ3) is 3.06. The lowest BCUT2D eigenvalue weighted by atomic mass is 10.0. The van der Waals surface area contributed by atoms with Crippen molar-refractivity contribution >= 4 is 12.0 Å². The minimum absolute atomic E-state index is 0.0203. The van der Waals surface area contributed by atoms with Gasteiger partial charge in [-0.25, -0.2) is 4.79 Å². The maximum absolute atomic E-state index is 12.7. The molecule has 0 spiro atoms. The molecule has 0 radical (unpaired) electrons. The highest BCUT2D eigenvalue weighted by Crippen LogP contribution is 2.36. The summed E-state index contributed by atoms with van der Waals surface area (Å²) < 4.78 is 0. The molecule has 0 aromatic rings. The molecule has 2 saturated heterocycles. The smallest absolute Gasteiger partial charge is 0.320 e. The van der Waals surface area contributed by atoms with Crippen molar-refractivity contribution in [3.8, 4) is 0 Å². The third-order valence-corrected chi connectivity index (χ3v) is 4.36. The van der Waals surface area contributed by atoms with Gasteiger partial charge in [-0.2, -0.15) is 0 Å². The van der Waals surface area contributed by atoms with Crippen molar-refractivity contribution < 1.29 is 19.8 Å². The fourth-order valence-electron chi connectivity index (χ4n) is 3.40. The minimum Gasteiger partial charge on any atom is -0.481 e. The molecule has 0 aromatic heterocycles. The van der Waals surface area contributed by atoms with Gasteiger partial charge in [-0.1, -0.05) is 0 Å². The van der Waals surface area contributed by atoms with Crippen molar-refractivity contribution in [1.82, 2.24) is 9.80 Å². The van der Waals surface area contributed by atoms with Gasteiger partial charge >= 0.3 is 12.0 Å². The molecule has 2 aliphatic heterocycles. The van der Waals surface area contributed by atoms with Crippen LogP contribution >= 0.6 is 0 Å². The van der Waals surface area contributed by atoms with E-state index < -0.39 is 5.97 Å². The molecule has 114 valence electrons. The lowest BCUT2D eigenvalue weighted by molar-refractivity contribution is -0.137. The van der Waals surface area contributed by atoms with E-state index in [0.29, 0.717) is 12.8 Å². The van der Waals surface area contributed by atoms with Crippen LogP contribution in [0.2, 0.25) is 0 Å². The molecule has 20 heavy (non-hydrogen) atoms. The molecule has 2 fully saturated rings. The van der Waals surface area contributed by atoms with Crippen LogP contribution in [0.1, 0.15) is 46.0 Å². The number of urea groups is 1. The average molecular weight is 284 g/mol. The Morgan fingerprint density at radius 2 is 1.80 bits per heavy atom. The van der Waals surface area contributed by atoms with Crippen LogP contribution in [0.3, 0.4) is 0 Å². The Balaban J connectivity index is 2.06. The third-order valence-electron chi connectivity index (χ3n) is 4.36. The Kier molecular flexibility index (Phi) is 4.52. The Bertz CT molecular complexity index is 371. The summed E-state index contributed by atoms with van der Waals surface area (Å²) in [6, 6.07) is 0.137. The molecule has 2 rings (SSSR count). The molecular weight excluding hydrogens is 260 g/mol. The Hall–Kier alpha value is -1.30. The van der Waals surface area contributed by atoms with Gasteiger partial charge in [0, 0.05) is 24.7 Å². The van der Waals surface area contributed by atoms with Gasteiger partial charge in [-0.3, -0.25) is 4.79 Å². The fourth-order valence-corrected chi connectivity index (χ4v) is 3.40. The van der Waals surface area contributed by atoms with E-state index in [2.05, 4.69) is 0 Å². The van der Waals surface area contributed by atoms with Crippen LogP contribution in [0.5, 0.6) is 0 Å². The highest BCUT2D eigenvalue weighted by molar-refractivity contribution is 5.77. The van der Waals surface area contributed by atoms with Crippen molar-refractivity contribution in [2.45, 2.75) is 70.2 Å². The van der Waals surface area contributed by atoms with E-state index in [4.69, 9.17) is 5.11 Å². The van der Waals surface area contributed by atoms with Crippen LogP contribution in [0.15, 0.2) is 0 Å². The van der Waals surface area contributed by atoms with Crippen molar-refractivity contribution in [3.63, 3.8) is 0 Å². The quantitative estimate of drug-likeness (QED) is 0.815. The highest BCUT2D eigenvalue weighted by Gasteiger charge is 2.44. The highest BCUT2D eigenvalue weighted by atomic mass is 16.4. The van der Waals surface area contributed by atoms with Gasteiger partial charge in [0.15, 0.2) is 0 Å². The van der Waals surface area contributed by atoms with E-state index in [-0.39, 0.29) is 43.2 Å². The summed E-state index contributed by atoms with van der Waals surface area (Å²) >= 11 is 0. The number of piperidine rings is 1. The lowest BCUT2D eigenvalue weighted by Gasteiger charge is -2.41. The zero-order valence-electron chi connectivity index (χ0n) is 12.2. The average Bonchev–Trinajstić information content (AvgIpc) is 2.61. The lowest BCUT2D eigenvalue weighted by Crippen LogP contribution is -2.55. The number of aliphatic carboxylic acids is 1. The largest absolute Gasteiger partial charge is 0.481 e. The number of amides is 2. The molecule has 2 amide bonds. The van der Waals surface area contributed by atoms with Crippen LogP contribution in [0, 0.1) is 0 Å². The van der Waals surface area contributed by atoms with Gasteiger partial charge in [-0.05, 0) is 39.5 Å². The maximum Gasteiger partial charge on any atom is 0.320 e. The zero-order chi connectivity index (χ0) is 14.9. The Morgan fingerprint density at radius 3 is 2.25 bits per heavy atom. The first-order valence-electron chi connectivity index (χ1n) is 7.39. The van der Waals surface area contributed by atoms with E-state index in [1.807, 2.05) is 18.7 Å². The topological polar surface area (TPSA) is 81.1 Å².